The van der Waals surface area contributed by atoms with Crippen LogP contribution in [0, 0.1) is 20.8 Å². The molecule has 0 N–H and O–H groups in total. The van der Waals surface area contributed by atoms with Crippen LogP contribution in [0.4, 0.5) is 5.95 Å². The van der Waals surface area contributed by atoms with Gasteiger partial charge in [0.05, 0.1) is 24.1 Å². The van der Waals surface area contributed by atoms with Gasteiger partial charge in [-0.2, -0.15) is 0 Å². The van der Waals surface area contributed by atoms with E-state index in [4.69, 9.17) is 4.98 Å². The Hall–Kier alpha value is -2.83. The highest BCUT2D eigenvalue weighted by Crippen LogP contribution is 2.33. The third-order valence-electron chi connectivity index (χ3n) is 4.53. The summed E-state index contributed by atoms with van der Waals surface area (Å²) in [5, 5.41) is 0. The Morgan fingerprint density at radius 1 is 1.04 bits per heavy atom. The zero-order chi connectivity index (χ0) is 17.4. The van der Waals surface area contributed by atoms with E-state index in [1.54, 1.807) is 12.4 Å². The minimum atomic E-state index is 0.150. The highest BCUT2D eigenvalue weighted by molar-refractivity contribution is 5.38. The maximum atomic E-state index is 4.84. The molecule has 0 spiro atoms. The number of aromatic nitrogens is 6. The molecular weight excluding hydrogens is 314 g/mol. The number of hydrogen-bond acceptors (Lipinski definition) is 6. The van der Waals surface area contributed by atoms with E-state index in [0.29, 0.717) is 0 Å². The Kier molecular flexibility index (Phi) is 3.91. The molecule has 0 amide bonds. The van der Waals surface area contributed by atoms with E-state index in [1.807, 2.05) is 43.8 Å². The minimum Gasteiger partial charge on any atom is -0.332 e. The smallest absolute Gasteiger partial charge is 0.226 e. The first kappa shape index (κ1) is 15.7. The number of nitrogens with zero attached hydrogens (tertiary/aromatic N) is 7. The predicted octanol–water partition coefficient (Wildman–Crippen LogP) is 2.72. The van der Waals surface area contributed by atoms with Crippen LogP contribution in [0.25, 0.3) is 5.82 Å². The standard InChI is InChI=1S/C18H21N7/c1-12-9-13(2)22-18(21-12)25-7-4-5-16(25)15-10-19-11-17(23-15)24-8-6-20-14(24)3/h6,8-11,16H,4-5,7H2,1-3H3. The van der Waals surface area contributed by atoms with Gasteiger partial charge in [-0.1, -0.05) is 0 Å². The zero-order valence-corrected chi connectivity index (χ0v) is 14.7. The Balaban J connectivity index is 1.70. The third-order valence-corrected chi connectivity index (χ3v) is 4.53. The molecule has 0 saturated carbocycles. The lowest BCUT2D eigenvalue weighted by molar-refractivity contribution is 0.668. The van der Waals surface area contributed by atoms with Gasteiger partial charge in [0.15, 0.2) is 5.82 Å². The molecule has 4 rings (SSSR count). The molecule has 1 saturated heterocycles. The Bertz CT molecular complexity index is 882. The van der Waals surface area contributed by atoms with Crippen LogP contribution in [0.1, 0.15) is 41.8 Å². The monoisotopic (exact) mass is 335 g/mol. The molecule has 1 fully saturated rings. The normalized spacial score (nSPS) is 17.2. The summed E-state index contributed by atoms with van der Waals surface area (Å²) in [6.45, 7) is 6.90. The fraction of sp³-hybridized carbons (Fsp3) is 0.389. The van der Waals surface area contributed by atoms with E-state index < -0.39 is 0 Å². The first-order chi connectivity index (χ1) is 12.1. The topological polar surface area (TPSA) is 72.6 Å². The van der Waals surface area contributed by atoms with Gasteiger partial charge in [0, 0.05) is 30.3 Å². The van der Waals surface area contributed by atoms with Crippen LogP contribution in [-0.4, -0.2) is 36.0 Å². The van der Waals surface area contributed by atoms with Gasteiger partial charge < -0.3 is 4.90 Å². The van der Waals surface area contributed by atoms with Gasteiger partial charge in [0.2, 0.25) is 5.95 Å². The molecule has 1 aliphatic rings. The first-order valence-electron chi connectivity index (χ1n) is 8.53. The first-order valence-corrected chi connectivity index (χ1v) is 8.53. The van der Waals surface area contributed by atoms with Crippen molar-refractivity contribution in [1.29, 1.82) is 0 Å². The van der Waals surface area contributed by atoms with Crippen molar-refractivity contribution >= 4 is 5.95 Å². The molecule has 3 aromatic rings. The molecule has 0 aliphatic carbocycles. The summed E-state index contributed by atoms with van der Waals surface area (Å²) in [6, 6.07) is 2.15. The van der Waals surface area contributed by atoms with Crippen LogP contribution in [0.3, 0.4) is 0 Å². The Labute approximate surface area is 146 Å². The van der Waals surface area contributed by atoms with Crippen molar-refractivity contribution in [3.8, 4) is 5.82 Å². The molecule has 0 aromatic carbocycles. The van der Waals surface area contributed by atoms with Crippen LogP contribution in [0.2, 0.25) is 0 Å². The van der Waals surface area contributed by atoms with Gasteiger partial charge >= 0.3 is 0 Å². The highest BCUT2D eigenvalue weighted by atomic mass is 15.3. The molecule has 1 aliphatic heterocycles. The lowest BCUT2D eigenvalue weighted by Gasteiger charge is -2.24. The van der Waals surface area contributed by atoms with Crippen LogP contribution in [0.5, 0.6) is 0 Å². The fourth-order valence-electron chi connectivity index (χ4n) is 3.42. The van der Waals surface area contributed by atoms with Crippen molar-refractivity contribution in [2.75, 3.05) is 11.4 Å². The van der Waals surface area contributed by atoms with Crippen molar-refractivity contribution < 1.29 is 0 Å². The summed E-state index contributed by atoms with van der Waals surface area (Å²) in [5.74, 6) is 2.47. The molecule has 3 aromatic heterocycles. The number of hydrogen-bond donors (Lipinski definition) is 0. The minimum absolute atomic E-state index is 0.150. The quantitative estimate of drug-likeness (QED) is 0.733. The summed E-state index contributed by atoms with van der Waals surface area (Å²) in [4.78, 5) is 25.0. The van der Waals surface area contributed by atoms with E-state index in [2.05, 4.69) is 24.8 Å². The van der Waals surface area contributed by atoms with Gasteiger partial charge in [0.25, 0.3) is 0 Å². The average molecular weight is 335 g/mol. The molecule has 25 heavy (non-hydrogen) atoms. The second-order valence-electron chi connectivity index (χ2n) is 6.45. The summed E-state index contributed by atoms with van der Waals surface area (Å²) in [5.41, 5.74) is 2.93. The second-order valence-corrected chi connectivity index (χ2v) is 6.45. The number of anilines is 1. The zero-order valence-electron chi connectivity index (χ0n) is 14.7. The maximum Gasteiger partial charge on any atom is 0.226 e. The predicted molar refractivity (Wildman–Crippen MR) is 94.7 cm³/mol. The summed E-state index contributed by atoms with van der Waals surface area (Å²) in [7, 11) is 0. The molecular formula is C18H21N7. The average Bonchev–Trinajstić information content (AvgIpc) is 3.23. The van der Waals surface area contributed by atoms with Gasteiger partial charge in [-0.15, -0.1) is 0 Å². The summed E-state index contributed by atoms with van der Waals surface area (Å²) >= 11 is 0. The van der Waals surface area contributed by atoms with E-state index in [-0.39, 0.29) is 6.04 Å². The van der Waals surface area contributed by atoms with E-state index in [9.17, 15) is 0 Å². The maximum absolute atomic E-state index is 4.84. The molecule has 1 atom stereocenters. The van der Waals surface area contributed by atoms with Gasteiger partial charge in [0.1, 0.15) is 5.82 Å². The lowest BCUT2D eigenvalue weighted by atomic mass is 10.1. The molecule has 7 nitrogen and oxygen atoms in total. The number of imidazole rings is 1. The van der Waals surface area contributed by atoms with Crippen molar-refractivity contribution in [2.45, 2.75) is 39.7 Å². The van der Waals surface area contributed by atoms with Crippen LogP contribution in [0.15, 0.2) is 30.9 Å². The molecule has 4 heterocycles. The highest BCUT2D eigenvalue weighted by Gasteiger charge is 2.30. The molecule has 128 valence electrons. The fourth-order valence-corrected chi connectivity index (χ4v) is 3.42. The largest absolute Gasteiger partial charge is 0.332 e. The number of aryl methyl sites for hydroxylation is 3. The van der Waals surface area contributed by atoms with Crippen LogP contribution in [-0.2, 0) is 0 Å². The van der Waals surface area contributed by atoms with Crippen LogP contribution >= 0.6 is 0 Å². The Morgan fingerprint density at radius 2 is 1.84 bits per heavy atom. The van der Waals surface area contributed by atoms with E-state index in [1.165, 1.54) is 0 Å². The Morgan fingerprint density at radius 3 is 2.56 bits per heavy atom. The van der Waals surface area contributed by atoms with Gasteiger partial charge in [-0.25, -0.2) is 19.9 Å². The molecule has 7 heteroatoms. The van der Waals surface area contributed by atoms with Gasteiger partial charge in [-0.3, -0.25) is 9.55 Å². The molecule has 0 radical (unpaired) electrons. The van der Waals surface area contributed by atoms with Crippen molar-refractivity contribution in [3.63, 3.8) is 0 Å². The van der Waals surface area contributed by atoms with Crippen molar-refractivity contribution in [2.24, 2.45) is 0 Å². The summed E-state index contributed by atoms with van der Waals surface area (Å²) < 4.78 is 1.95. The SMILES string of the molecule is Cc1cc(C)nc(N2CCCC2c2cncc(-n3ccnc3C)n2)n1. The van der Waals surface area contributed by atoms with Crippen LogP contribution < -0.4 is 4.90 Å². The van der Waals surface area contributed by atoms with Crippen molar-refractivity contribution in [1.82, 2.24) is 29.5 Å². The van der Waals surface area contributed by atoms with E-state index in [0.717, 1.165) is 54.1 Å². The second kappa shape index (κ2) is 6.23. The molecule has 1 unspecified atom stereocenters. The number of rotatable bonds is 3. The van der Waals surface area contributed by atoms with Gasteiger partial charge in [-0.05, 0) is 39.7 Å². The third kappa shape index (κ3) is 2.97. The van der Waals surface area contributed by atoms with Crippen molar-refractivity contribution in [3.05, 3.63) is 53.8 Å². The van der Waals surface area contributed by atoms with E-state index >= 15 is 0 Å². The summed E-state index contributed by atoms with van der Waals surface area (Å²) in [6.07, 6.45) is 9.41. The molecule has 0 bridgehead atoms. The lowest BCUT2D eigenvalue weighted by Crippen LogP contribution is -2.26.